The molecule has 5 nitrogen and oxygen atoms in total. The lowest BCUT2D eigenvalue weighted by Crippen LogP contribution is -2.43. The Morgan fingerprint density at radius 3 is 2.54 bits per heavy atom. The van der Waals surface area contributed by atoms with Crippen molar-refractivity contribution in [3.63, 3.8) is 0 Å². The van der Waals surface area contributed by atoms with Gasteiger partial charge in [0.2, 0.25) is 5.91 Å². The van der Waals surface area contributed by atoms with Gasteiger partial charge in [-0.15, -0.1) is 0 Å². The fraction of sp³-hybridized carbons (Fsp3) is 0.529. The lowest BCUT2D eigenvalue weighted by atomic mass is 10.2. The molecule has 132 valence electrons. The third-order valence-corrected chi connectivity index (χ3v) is 4.12. The molecule has 0 radical (unpaired) electrons. The third-order valence-electron chi connectivity index (χ3n) is 4.12. The molecule has 1 N–H and O–H groups in total. The number of hydrogen-bond donors (Lipinski definition) is 1. The summed E-state index contributed by atoms with van der Waals surface area (Å²) in [5.41, 5.74) is -0.0330. The van der Waals surface area contributed by atoms with Crippen LogP contribution in [0.4, 0.5) is 8.78 Å². The first-order chi connectivity index (χ1) is 11.4. The van der Waals surface area contributed by atoms with E-state index in [1.54, 1.807) is 19.0 Å². The molecule has 1 aromatic rings. The maximum Gasteiger partial charge on any atom is 0.251 e. The minimum atomic E-state index is -0.776. The molecule has 1 fully saturated rings. The van der Waals surface area contributed by atoms with E-state index in [9.17, 15) is 18.4 Å². The summed E-state index contributed by atoms with van der Waals surface area (Å²) in [7, 11) is 3.49. The van der Waals surface area contributed by atoms with E-state index in [1.807, 2.05) is 0 Å². The largest absolute Gasteiger partial charge is 0.352 e. The molecule has 1 heterocycles. The number of benzene rings is 1. The van der Waals surface area contributed by atoms with Gasteiger partial charge in [0.05, 0.1) is 6.04 Å². The highest BCUT2D eigenvalue weighted by atomic mass is 19.1. The predicted molar refractivity (Wildman–Crippen MR) is 86.6 cm³/mol. The Balaban J connectivity index is 1.78. The third kappa shape index (κ3) is 4.74. The molecule has 1 aromatic carbocycles. The van der Waals surface area contributed by atoms with Gasteiger partial charge in [-0.25, -0.2) is 8.78 Å². The van der Waals surface area contributed by atoms with Gasteiger partial charge in [0, 0.05) is 38.8 Å². The molecule has 1 saturated heterocycles. The number of carbonyl (C=O) groups is 2. The Kier molecular flexibility index (Phi) is 6.25. The second-order valence-corrected chi connectivity index (χ2v) is 6.19. The summed E-state index contributed by atoms with van der Waals surface area (Å²) in [6, 6.07) is 2.65. The average molecular weight is 339 g/mol. The van der Waals surface area contributed by atoms with Gasteiger partial charge in [0.1, 0.15) is 11.6 Å². The van der Waals surface area contributed by atoms with Crippen molar-refractivity contribution in [2.75, 3.05) is 33.7 Å². The van der Waals surface area contributed by atoms with Gasteiger partial charge >= 0.3 is 0 Å². The predicted octanol–water partition coefficient (Wildman–Crippen LogP) is 1.64. The molecular formula is C17H23F2N3O2. The highest BCUT2D eigenvalue weighted by Crippen LogP contribution is 2.18. The number of nitrogens with one attached hydrogen (secondary N) is 1. The molecule has 1 aliphatic rings. The summed E-state index contributed by atoms with van der Waals surface area (Å²) >= 11 is 0. The number of carbonyl (C=O) groups excluding carboxylic acids is 2. The summed E-state index contributed by atoms with van der Waals surface area (Å²) in [5.74, 6) is -1.95. The first-order valence-corrected chi connectivity index (χ1v) is 8.08. The van der Waals surface area contributed by atoms with E-state index in [4.69, 9.17) is 0 Å². The fourth-order valence-electron chi connectivity index (χ4n) is 2.94. The van der Waals surface area contributed by atoms with Gasteiger partial charge in [0.25, 0.3) is 5.91 Å². The SMILES string of the molecule is CN(C)C(=O)[C@H]1CCCN1CCCNC(=O)c1cc(F)cc(F)c1. The van der Waals surface area contributed by atoms with Crippen LogP contribution in [0.25, 0.3) is 0 Å². The summed E-state index contributed by atoms with van der Waals surface area (Å²) in [4.78, 5) is 27.7. The van der Waals surface area contributed by atoms with Gasteiger partial charge in [0.15, 0.2) is 0 Å². The summed E-state index contributed by atoms with van der Waals surface area (Å²) in [5, 5.41) is 2.65. The number of hydrogen-bond acceptors (Lipinski definition) is 3. The van der Waals surface area contributed by atoms with Crippen LogP contribution in [-0.2, 0) is 4.79 Å². The van der Waals surface area contributed by atoms with E-state index in [0.29, 0.717) is 19.5 Å². The van der Waals surface area contributed by atoms with Crippen molar-refractivity contribution in [2.24, 2.45) is 0 Å². The molecule has 1 atom stereocenters. The first-order valence-electron chi connectivity index (χ1n) is 8.08. The van der Waals surface area contributed by atoms with Crippen LogP contribution in [0, 0.1) is 11.6 Å². The van der Waals surface area contributed by atoms with Crippen LogP contribution in [0.15, 0.2) is 18.2 Å². The van der Waals surface area contributed by atoms with E-state index >= 15 is 0 Å². The zero-order chi connectivity index (χ0) is 17.7. The number of halogens is 2. The molecule has 0 unspecified atom stereocenters. The van der Waals surface area contributed by atoms with Gasteiger partial charge in [-0.2, -0.15) is 0 Å². The number of amides is 2. The van der Waals surface area contributed by atoms with Gasteiger partial charge in [-0.3, -0.25) is 14.5 Å². The molecule has 1 aliphatic heterocycles. The standard InChI is InChI=1S/C17H23F2N3O2/c1-21(2)17(24)15-5-3-7-22(15)8-4-6-20-16(23)12-9-13(18)11-14(19)10-12/h9-11,15H,3-8H2,1-2H3,(H,20,23)/t15-/m1/s1. The molecule has 2 amide bonds. The monoisotopic (exact) mass is 339 g/mol. The van der Waals surface area contributed by atoms with Gasteiger partial charge in [-0.1, -0.05) is 0 Å². The molecule has 24 heavy (non-hydrogen) atoms. The van der Waals surface area contributed by atoms with Crippen LogP contribution in [0.2, 0.25) is 0 Å². The number of rotatable bonds is 6. The van der Waals surface area contributed by atoms with Crippen LogP contribution in [0.5, 0.6) is 0 Å². The molecular weight excluding hydrogens is 316 g/mol. The summed E-state index contributed by atoms with van der Waals surface area (Å²) in [6.45, 7) is 1.95. The summed E-state index contributed by atoms with van der Waals surface area (Å²) in [6.07, 6.45) is 2.51. The summed E-state index contributed by atoms with van der Waals surface area (Å²) < 4.78 is 26.2. The van der Waals surface area contributed by atoms with Crippen molar-refractivity contribution in [2.45, 2.75) is 25.3 Å². The van der Waals surface area contributed by atoms with E-state index < -0.39 is 17.5 Å². The second kappa shape index (κ2) is 8.19. The average Bonchev–Trinajstić information content (AvgIpc) is 2.97. The van der Waals surface area contributed by atoms with E-state index in [-0.39, 0.29) is 17.5 Å². The van der Waals surface area contributed by atoms with Gasteiger partial charge in [-0.05, 0) is 37.9 Å². The Labute approximate surface area is 140 Å². The topological polar surface area (TPSA) is 52.7 Å². The van der Waals surface area contributed by atoms with Crippen LogP contribution in [0.3, 0.4) is 0 Å². The molecule has 0 bridgehead atoms. The highest BCUT2D eigenvalue weighted by Gasteiger charge is 2.30. The zero-order valence-corrected chi connectivity index (χ0v) is 14.0. The Bertz CT molecular complexity index is 587. The molecule has 0 saturated carbocycles. The van der Waals surface area contributed by atoms with Crippen LogP contribution >= 0.6 is 0 Å². The quantitative estimate of drug-likeness (QED) is 0.802. The zero-order valence-electron chi connectivity index (χ0n) is 14.0. The van der Waals surface area contributed by atoms with Crippen molar-refractivity contribution in [1.29, 1.82) is 0 Å². The Morgan fingerprint density at radius 2 is 1.92 bits per heavy atom. The van der Waals surface area contributed by atoms with Crippen molar-refractivity contribution in [1.82, 2.24) is 15.1 Å². The maximum absolute atomic E-state index is 13.1. The lowest BCUT2D eigenvalue weighted by Gasteiger charge is -2.26. The molecule has 7 heteroatoms. The van der Waals surface area contributed by atoms with Crippen LogP contribution in [0.1, 0.15) is 29.6 Å². The van der Waals surface area contributed by atoms with Crippen LogP contribution in [-0.4, -0.2) is 61.4 Å². The fourth-order valence-corrected chi connectivity index (χ4v) is 2.94. The number of likely N-dealkylation sites (N-methyl/N-ethyl adjacent to an activating group) is 1. The highest BCUT2D eigenvalue weighted by molar-refractivity contribution is 5.94. The number of nitrogens with zero attached hydrogens (tertiary/aromatic N) is 2. The lowest BCUT2D eigenvalue weighted by molar-refractivity contribution is -0.133. The van der Waals surface area contributed by atoms with Crippen molar-refractivity contribution < 1.29 is 18.4 Å². The molecule has 0 aromatic heterocycles. The van der Waals surface area contributed by atoms with Crippen molar-refractivity contribution in [3.8, 4) is 0 Å². The number of likely N-dealkylation sites (tertiary alicyclic amines) is 1. The molecule has 2 rings (SSSR count). The molecule has 0 spiro atoms. The van der Waals surface area contributed by atoms with E-state index in [1.165, 1.54) is 0 Å². The van der Waals surface area contributed by atoms with Crippen molar-refractivity contribution in [3.05, 3.63) is 35.4 Å². The maximum atomic E-state index is 13.1. The van der Waals surface area contributed by atoms with Crippen LogP contribution < -0.4 is 5.32 Å². The van der Waals surface area contributed by atoms with Gasteiger partial charge < -0.3 is 10.2 Å². The minimum absolute atomic E-state index is 0.0330. The first kappa shape index (κ1) is 18.3. The Hall–Kier alpha value is -2.02. The van der Waals surface area contributed by atoms with Crippen molar-refractivity contribution >= 4 is 11.8 Å². The Morgan fingerprint density at radius 1 is 1.25 bits per heavy atom. The van der Waals surface area contributed by atoms with E-state index in [2.05, 4.69) is 10.2 Å². The smallest absolute Gasteiger partial charge is 0.251 e. The normalized spacial score (nSPS) is 17.8. The minimum Gasteiger partial charge on any atom is -0.352 e. The van der Waals surface area contributed by atoms with E-state index in [0.717, 1.165) is 37.6 Å². The molecule has 0 aliphatic carbocycles. The second-order valence-electron chi connectivity index (χ2n) is 6.19.